The molecule has 0 spiro atoms. The first-order chi connectivity index (χ1) is 6.27. The van der Waals surface area contributed by atoms with E-state index in [0.29, 0.717) is 5.76 Å². The molecule has 0 N–H and O–H groups in total. The minimum absolute atomic E-state index is 0.177. The van der Waals surface area contributed by atoms with E-state index in [0.717, 1.165) is 5.56 Å². The van der Waals surface area contributed by atoms with Crippen LogP contribution in [0.1, 0.15) is 18.4 Å². The fourth-order valence-electron chi connectivity index (χ4n) is 1.45. The van der Waals surface area contributed by atoms with Crippen LogP contribution in [-0.2, 0) is 9.53 Å². The van der Waals surface area contributed by atoms with Crippen molar-refractivity contribution < 1.29 is 9.53 Å². The monoisotopic (exact) mass is 174 g/mol. The fraction of sp³-hybridized carbons (Fsp3) is 0.182. The van der Waals surface area contributed by atoms with Crippen LogP contribution in [0.5, 0.6) is 0 Å². The molecule has 1 heterocycles. The maximum absolute atomic E-state index is 11.3. The van der Waals surface area contributed by atoms with Gasteiger partial charge in [0.1, 0.15) is 11.7 Å². The molecule has 2 nitrogen and oxygen atoms in total. The molecule has 2 rings (SSSR count). The molecule has 2 heteroatoms. The molecule has 0 aliphatic carbocycles. The largest absolute Gasteiger partial charge is 0.431 e. The Morgan fingerprint density at radius 3 is 2.46 bits per heavy atom. The lowest BCUT2D eigenvalue weighted by Gasteiger charge is -2.03. The third-order valence-corrected chi connectivity index (χ3v) is 2.08. The number of allylic oxidation sites excluding steroid dienone is 1. The molecule has 0 fully saturated rings. The highest BCUT2D eigenvalue weighted by molar-refractivity contribution is 5.83. The van der Waals surface area contributed by atoms with Gasteiger partial charge in [0.2, 0.25) is 0 Å². The summed E-state index contributed by atoms with van der Waals surface area (Å²) in [4.78, 5) is 11.3. The molecule has 0 radical (unpaired) electrons. The minimum Gasteiger partial charge on any atom is -0.431 e. The topological polar surface area (TPSA) is 26.3 Å². The van der Waals surface area contributed by atoms with Crippen LogP contribution in [0.4, 0.5) is 0 Å². The first-order valence-corrected chi connectivity index (χ1v) is 4.22. The number of esters is 1. The highest BCUT2D eigenvalue weighted by atomic mass is 16.5. The van der Waals surface area contributed by atoms with E-state index in [4.69, 9.17) is 4.74 Å². The molecule has 0 aromatic heterocycles. The normalized spacial score (nSPS) is 21.2. The van der Waals surface area contributed by atoms with Gasteiger partial charge in [-0.15, -0.1) is 0 Å². The summed E-state index contributed by atoms with van der Waals surface area (Å²) in [5.74, 6) is 0.309. The van der Waals surface area contributed by atoms with Crippen LogP contribution in [0.15, 0.2) is 42.2 Å². The van der Waals surface area contributed by atoms with Crippen molar-refractivity contribution in [2.75, 3.05) is 0 Å². The Morgan fingerprint density at radius 1 is 1.23 bits per heavy atom. The Hall–Kier alpha value is -1.57. The zero-order valence-electron chi connectivity index (χ0n) is 7.36. The number of carbonyl (C=O) groups excluding carboxylic acids is 1. The first-order valence-electron chi connectivity index (χ1n) is 4.22. The van der Waals surface area contributed by atoms with Crippen LogP contribution < -0.4 is 0 Å². The maximum Gasteiger partial charge on any atom is 0.322 e. The van der Waals surface area contributed by atoms with E-state index in [1.54, 1.807) is 6.92 Å². The Labute approximate surface area is 76.8 Å². The second kappa shape index (κ2) is 3.05. The van der Waals surface area contributed by atoms with E-state index in [1.165, 1.54) is 0 Å². The van der Waals surface area contributed by atoms with Crippen LogP contribution in [0.2, 0.25) is 0 Å². The molecule has 13 heavy (non-hydrogen) atoms. The van der Waals surface area contributed by atoms with E-state index in [1.807, 2.05) is 36.4 Å². The summed E-state index contributed by atoms with van der Waals surface area (Å²) in [5, 5.41) is 0. The number of rotatable bonds is 1. The summed E-state index contributed by atoms with van der Waals surface area (Å²) in [5.41, 5.74) is 0.990. The molecule has 1 aromatic rings. The number of cyclic esters (lactones) is 1. The van der Waals surface area contributed by atoms with Gasteiger partial charge >= 0.3 is 5.97 Å². The molecule has 1 aliphatic rings. The highest BCUT2D eigenvalue weighted by Crippen LogP contribution is 2.26. The fourth-order valence-corrected chi connectivity index (χ4v) is 1.45. The summed E-state index contributed by atoms with van der Waals surface area (Å²) >= 11 is 0. The summed E-state index contributed by atoms with van der Waals surface area (Å²) in [6.45, 7) is 1.79. The van der Waals surface area contributed by atoms with Crippen molar-refractivity contribution in [2.24, 2.45) is 0 Å². The van der Waals surface area contributed by atoms with Crippen LogP contribution in [0.25, 0.3) is 0 Å². The van der Waals surface area contributed by atoms with E-state index in [2.05, 4.69) is 0 Å². The molecule has 1 aromatic carbocycles. The standard InChI is InChI=1S/C11H10O2/c1-8-7-10(11(12)13-8)9-5-3-2-4-6-9/h2-7,10H,1H3. The summed E-state index contributed by atoms with van der Waals surface area (Å²) in [6, 6.07) is 9.64. The average molecular weight is 174 g/mol. The lowest BCUT2D eigenvalue weighted by Crippen LogP contribution is -2.05. The van der Waals surface area contributed by atoms with Crippen molar-refractivity contribution in [2.45, 2.75) is 12.8 Å². The lowest BCUT2D eigenvalue weighted by molar-refractivity contribution is -0.137. The van der Waals surface area contributed by atoms with Gasteiger partial charge < -0.3 is 4.74 Å². The van der Waals surface area contributed by atoms with Gasteiger partial charge in [0, 0.05) is 0 Å². The van der Waals surface area contributed by atoms with Gasteiger partial charge in [0.15, 0.2) is 0 Å². The van der Waals surface area contributed by atoms with Gasteiger partial charge in [0.25, 0.3) is 0 Å². The Morgan fingerprint density at radius 2 is 1.92 bits per heavy atom. The summed E-state index contributed by atoms with van der Waals surface area (Å²) in [7, 11) is 0. The van der Waals surface area contributed by atoms with Crippen molar-refractivity contribution in [3.63, 3.8) is 0 Å². The molecule has 66 valence electrons. The smallest absolute Gasteiger partial charge is 0.322 e. The zero-order valence-corrected chi connectivity index (χ0v) is 7.36. The van der Waals surface area contributed by atoms with E-state index in [-0.39, 0.29) is 11.9 Å². The molecule has 1 aliphatic heterocycles. The van der Waals surface area contributed by atoms with Gasteiger partial charge in [-0.1, -0.05) is 30.3 Å². The number of carbonyl (C=O) groups is 1. The molecule has 0 amide bonds. The molecular weight excluding hydrogens is 164 g/mol. The van der Waals surface area contributed by atoms with Gasteiger partial charge in [0.05, 0.1) is 0 Å². The quantitative estimate of drug-likeness (QED) is 0.610. The summed E-state index contributed by atoms with van der Waals surface area (Å²) in [6.07, 6.45) is 1.84. The second-order valence-corrected chi connectivity index (χ2v) is 3.09. The predicted octanol–water partition coefficient (Wildman–Crippen LogP) is 2.23. The van der Waals surface area contributed by atoms with Gasteiger partial charge in [-0.05, 0) is 18.6 Å². The molecule has 0 bridgehead atoms. The molecule has 0 saturated carbocycles. The third-order valence-electron chi connectivity index (χ3n) is 2.08. The second-order valence-electron chi connectivity index (χ2n) is 3.09. The number of hydrogen-bond donors (Lipinski definition) is 0. The number of hydrogen-bond acceptors (Lipinski definition) is 2. The van der Waals surface area contributed by atoms with Gasteiger partial charge in [-0.25, -0.2) is 0 Å². The van der Waals surface area contributed by atoms with Crippen LogP contribution in [0, 0.1) is 0 Å². The van der Waals surface area contributed by atoms with Crippen molar-refractivity contribution in [3.8, 4) is 0 Å². The molecule has 0 saturated heterocycles. The lowest BCUT2D eigenvalue weighted by atomic mass is 10.0. The van der Waals surface area contributed by atoms with Crippen molar-refractivity contribution in [1.82, 2.24) is 0 Å². The van der Waals surface area contributed by atoms with Crippen LogP contribution >= 0.6 is 0 Å². The van der Waals surface area contributed by atoms with E-state index in [9.17, 15) is 4.79 Å². The Balaban J connectivity index is 2.33. The average Bonchev–Trinajstić information content (AvgIpc) is 2.47. The van der Waals surface area contributed by atoms with Gasteiger partial charge in [-0.3, -0.25) is 4.79 Å². The highest BCUT2D eigenvalue weighted by Gasteiger charge is 2.26. The number of benzene rings is 1. The predicted molar refractivity (Wildman–Crippen MR) is 49.0 cm³/mol. The van der Waals surface area contributed by atoms with Crippen molar-refractivity contribution in [3.05, 3.63) is 47.7 Å². The van der Waals surface area contributed by atoms with E-state index < -0.39 is 0 Å². The van der Waals surface area contributed by atoms with Crippen molar-refractivity contribution in [1.29, 1.82) is 0 Å². The molecule has 1 atom stereocenters. The molecular formula is C11H10O2. The Bertz CT molecular complexity index is 352. The first kappa shape index (κ1) is 8.05. The Kier molecular flexibility index (Phi) is 1.89. The zero-order chi connectivity index (χ0) is 9.26. The SMILES string of the molecule is CC1=CC(c2ccccc2)C(=O)O1. The number of ether oxygens (including phenoxy) is 1. The van der Waals surface area contributed by atoms with Crippen molar-refractivity contribution >= 4 is 5.97 Å². The minimum atomic E-state index is -0.207. The van der Waals surface area contributed by atoms with Crippen LogP contribution in [0.3, 0.4) is 0 Å². The van der Waals surface area contributed by atoms with Gasteiger partial charge in [-0.2, -0.15) is 0 Å². The van der Waals surface area contributed by atoms with Crippen LogP contribution in [-0.4, -0.2) is 5.97 Å². The maximum atomic E-state index is 11.3. The third kappa shape index (κ3) is 1.47. The summed E-state index contributed by atoms with van der Waals surface area (Å²) < 4.78 is 4.95. The van der Waals surface area contributed by atoms with E-state index >= 15 is 0 Å². The molecule has 1 unspecified atom stereocenters.